The van der Waals surface area contributed by atoms with Crippen LogP contribution in [0.25, 0.3) is 0 Å². The molecular formula is C13H18ClNO2. The largest absolute Gasteiger partial charge is 0.497 e. The summed E-state index contributed by atoms with van der Waals surface area (Å²) in [5.74, 6) is 0.928. The molecule has 2 rings (SSSR count). The molecule has 1 aliphatic heterocycles. The lowest BCUT2D eigenvalue weighted by molar-refractivity contribution is 0.0724. The Morgan fingerprint density at radius 1 is 1.12 bits per heavy atom. The van der Waals surface area contributed by atoms with Crippen molar-refractivity contribution in [3.63, 3.8) is 0 Å². The first-order valence-corrected chi connectivity index (χ1v) is 5.74. The Morgan fingerprint density at radius 3 is 2.24 bits per heavy atom. The number of amides is 1. The topological polar surface area (TPSA) is 29.5 Å². The number of ether oxygens (including phenoxy) is 1. The number of carbonyl (C=O) groups is 1. The molecule has 0 spiro atoms. The summed E-state index contributed by atoms with van der Waals surface area (Å²) in [7, 11) is 1.63. The maximum atomic E-state index is 12.1. The van der Waals surface area contributed by atoms with Gasteiger partial charge in [0, 0.05) is 18.7 Å². The molecule has 1 saturated heterocycles. The van der Waals surface area contributed by atoms with Crippen molar-refractivity contribution >= 4 is 18.3 Å². The van der Waals surface area contributed by atoms with E-state index in [1.165, 1.54) is 6.42 Å². The van der Waals surface area contributed by atoms with E-state index in [1.54, 1.807) is 7.11 Å². The van der Waals surface area contributed by atoms with Gasteiger partial charge in [0.2, 0.25) is 0 Å². The molecule has 1 aromatic rings. The third-order valence-electron chi connectivity index (χ3n) is 2.98. The van der Waals surface area contributed by atoms with Crippen molar-refractivity contribution in [2.24, 2.45) is 0 Å². The van der Waals surface area contributed by atoms with Gasteiger partial charge in [-0.3, -0.25) is 4.79 Å². The number of nitrogens with zero attached hydrogens (tertiary/aromatic N) is 1. The van der Waals surface area contributed by atoms with E-state index in [-0.39, 0.29) is 18.3 Å². The van der Waals surface area contributed by atoms with Crippen LogP contribution in [0.15, 0.2) is 24.3 Å². The highest BCUT2D eigenvalue weighted by Crippen LogP contribution is 2.16. The van der Waals surface area contributed by atoms with Crippen LogP contribution >= 0.6 is 12.4 Å². The number of methoxy groups -OCH3 is 1. The number of hydrogen-bond donors (Lipinski definition) is 0. The molecule has 0 atom stereocenters. The van der Waals surface area contributed by atoms with E-state index in [4.69, 9.17) is 4.74 Å². The Bertz CT molecular complexity index is 358. The van der Waals surface area contributed by atoms with Crippen LogP contribution in [0.3, 0.4) is 0 Å². The fraction of sp³-hybridized carbons (Fsp3) is 0.462. The Morgan fingerprint density at radius 2 is 1.71 bits per heavy atom. The standard InChI is InChI=1S/C13H17NO2.ClH/c1-16-12-7-5-11(6-8-12)13(15)14-9-3-2-4-10-14;/h5-8H,2-4,9-10H2,1H3;1H. The van der Waals surface area contributed by atoms with Crippen molar-refractivity contribution in [2.45, 2.75) is 19.3 Å². The van der Waals surface area contributed by atoms with Crippen molar-refractivity contribution in [3.05, 3.63) is 29.8 Å². The number of carbonyl (C=O) groups excluding carboxylic acids is 1. The normalized spacial score (nSPS) is 15.0. The molecule has 1 heterocycles. The Hall–Kier alpha value is -1.22. The van der Waals surface area contributed by atoms with Gasteiger partial charge in [-0.15, -0.1) is 12.4 Å². The van der Waals surface area contributed by atoms with Crippen LogP contribution in [-0.4, -0.2) is 31.0 Å². The van der Waals surface area contributed by atoms with Gasteiger partial charge in [0.25, 0.3) is 5.91 Å². The number of benzene rings is 1. The lowest BCUT2D eigenvalue weighted by Gasteiger charge is -2.26. The van der Waals surface area contributed by atoms with E-state index < -0.39 is 0 Å². The molecule has 1 amide bonds. The summed E-state index contributed by atoms with van der Waals surface area (Å²) in [4.78, 5) is 14.0. The summed E-state index contributed by atoms with van der Waals surface area (Å²) in [5.41, 5.74) is 0.753. The Balaban J connectivity index is 0.00000144. The molecule has 3 nitrogen and oxygen atoms in total. The van der Waals surface area contributed by atoms with Crippen LogP contribution < -0.4 is 4.74 Å². The van der Waals surface area contributed by atoms with Gasteiger partial charge in [-0.25, -0.2) is 0 Å². The van der Waals surface area contributed by atoms with Crippen molar-refractivity contribution in [3.8, 4) is 5.75 Å². The predicted molar refractivity (Wildman–Crippen MR) is 70.0 cm³/mol. The van der Waals surface area contributed by atoms with Crippen LogP contribution in [0.2, 0.25) is 0 Å². The summed E-state index contributed by atoms with van der Waals surface area (Å²) in [5, 5.41) is 0. The summed E-state index contributed by atoms with van der Waals surface area (Å²) in [6.07, 6.45) is 3.50. The number of piperidine rings is 1. The smallest absolute Gasteiger partial charge is 0.253 e. The van der Waals surface area contributed by atoms with Crippen molar-refractivity contribution < 1.29 is 9.53 Å². The average Bonchev–Trinajstić information content (AvgIpc) is 2.39. The zero-order chi connectivity index (χ0) is 11.4. The molecule has 0 saturated carbocycles. The van der Waals surface area contributed by atoms with Gasteiger partial charge in [0.1, 0.15) is 5.75 Å². The Kier molecular flexibility index (Phi) is 5.29. The fourth-order valence-electron chi connectivity index (χ4n) is 2.01. The van der Waals surface area contributed by atoms with E-state index in [0.717, 1.165) is 37.2 Å². The number of likely N-dealkylation sites (tertiary alicyclic amines) is 1. The van der Waals surface area contributed by atoms with Crippen LogP contribution in [0, 0.1) is 0 Å². The van der Waals surface area contributed by atoms with Crippen molar-refractivity contribution in [2.75, 3.05) is 20.2 Å². The summed E-state index contributed by atoms with van der Waals surface area (Å²) in [6.45, 7) is 1.79. The van der Waals surface area contributed by atoms with E-state index in [2.05, 4.69) is 0 Å². The first-order valence-electron chi connectivity index (χ1n) is 5.74. The average molecular weight is 256 g/mol. The minimum Gasteiger partial charge on any atom is -0.497 e. The third kappa shape index (κ3) is 3.37. The number of rotatable bonds is 2. The molecule has 0 unspecified atom stereocenters. The molecule has 0 aromatic heterocycles. The maximum absolute atomic E-state index is 12.1. The second-order valence-corrected chi connectivity index (χ2v) is 4.08. The summed E-state index contributed by atoms with van der Waals surface area (Å²) >= 11 is 0. The molecule has 1 aliphatic rings. The Labute approximate surface area is 108 Å². The first-order chi connectivity index (χ1) is 7.81. The molecule has 1 fully saturated rings. The molecule has 17 heavy (non-hydrogen) atoms. The van der Waals surface area contributed by atoms with Gasteiger partial charge in [0.05, 0.1) is 7.11 Å². The maximum Gasteiger partial charge on any atom is 0.253 e. The molecule has 1 aromatic carbocycles. The van der Waals surface area contributed by atoms with Gasteiger partial charge in [0.15, 0.2) is 0 Å². The first kappa shape index (κ1) is 13.8. The number of hydrogen-bond acceptors (Lipinski definition) is 2. The molecule has 0 aliphatic carbocycles. The van der Waals surface area contributed by atoms with E-state index >= 15 is 0 Å². The van der Waals surface area contributed by atoms with Crippen LogP contribution in [-0.2, 0) is 0 Å². The highest BCUT2D eigenvalue weighted by molar-refractivity contribution is 5.94. The van der Waals surface area contributed by atoms with E-state index in [1.807, 2.05) is 29.2 Å². The lowest BCUT2D eigenvalue weighted by atomic mass is 10.1. The summed E-state index contributed by atoms with van der Waals surface area (Å²) < 4.78 is 5.07. The zero-order valence-corrected chi connectivity index (χ0v) is 10.8. The minimum absolute atomic E-state index is 0. The minimum atomic E-state index is 0. The third-order valence-corrected chi connectivity index (χ3v) is 2.98. The predicted octanol–water partition coefficient (Wildman–Crippen LogP) is 2.74. The molecule has 0 bridgehead atoms. The van der Waals surface area contributed by atoms with Gasteiger partial charge < -0.3 is 9.64 Å². The van der Waals surface area contributed by atoms with Crippen molar-refractivity contribution in [1.82, 2.24) is 4.90 Å². The van der Waals surface area contributed by atoms with Gasteiger partial charge in [-0.2, -0.15) is 0 Å². The van der Waals surface area contributed by atoms with E-state index in [9.17, 15) is 4.79 Å². The lowest BCUT2D eigenvalue weighted by Crippen LogP contribution is -2.35. The van der Waals surface area contributed by atoms with E-state index in [0.29, 0.717) is 0 Å². The van der Waals surface area contributed by atoms with Gasteiger partial charge in [-0.05, 0) is 43.5 Å². The quantitative estimate of drug-likeness (QED) is 0.813. The zero-order valence-electron chi connectivity index (χ0n) is 10.0. The van der Waals surface area contributed by atoms with Gasteiger partial charge >= 0.3 is 0 Å². The SMILES string of the molecule is COc1ccc(C(=O)N2CCCCC2)cc1.Cl. The van der Waals surface area contributed by atoms with Gasteiger partial charge in [-0.1, -0.05) is 0 Å². The second-order valence-electron chi connectivity index (χ2n) is 4.08. The fourth-order valence-corrected chi connectivity index (χ4v) is 2.01. The van der Waals surface area contributed by atoms with Crippen LogP contribution in [0.1, 0.15) is 29.6 Å². The molecule has 0 N–H and O–H groups in total. The van der Waals surface area contributed by atoms with Crippen LogP contribution in [0.5, 0.6) is 5.75 Å². The molecule has 0 radical (unpaired) electrons. The highest BCUT2D eigenvalue weighted by Gasteiger charge is 2.17. The molecular weight excluding hydrogens is 238 g/mol. The summed E-state index contributed by atoms with van der Waals surface area (Å²) in [6, 6.07) is 7.32. The highest BCUT2D eigenvalue weighted by atomic mass is 35.5. The molecule has 4 heteroatoms. The molecule has 94 valence electrons. The monoisotopic (exact) mass is 255 g/mol. The van der Waals surface area contributed by atoms with Crippen LogP contribution in [0.4, 0.5) is 0 Å². The number of halogens is 1. The van der Waals surface area contributed by atoms with Crippen molar-refractivity contribution in [1.29, 1.82) is 0 Å². The second kappa shape index (κ2) is 6.50.